The molecule has 0 aromatic heterocycles. The lowest BCUT2D eigenvalue weighted by Gasteiger charge is -2.44. The van der Waals surface area contributed by atoms with Gasteiger partial charge in [-0.05, 0) is 47.4 Å². The van der Waals surface area contributed by atoms with Crippen molar-refractivity contribution < 1.29 is 9.53 Å². The van der Waals surface area contributed by atoms with Crippen LogP contribution in [0, 0.1) is 11.8 Å². The van der Waals surface area contributed by atoms with Crippen LogP contribution in [0.1, 0.15) is 57.2 Å². The van der Waals surface area contributed by atoms with Crippen LogP contribution in [-0.4, -0.2) is 19.1 Å². The summed E-state index contributed by atoms with van der Waals surface area (Å²) in [5, 5.41) is 0. The molecule has 3 heteroatoms. The van der Waals surface area contributed by atoms with E-state index in [0.717, 1.165) is 24.1 Å². The summed E-state index contributed by atoms with van der Waals surface area (Å²) in [6, 6.07) is 30.2. The molecule has 0 spiro atoms. The molecule has 0 aliphatic heterocycles. The number of likely N-dealkylation sites (N-methyl/N-ethyl adjacent to an activating group) is 1. The quantitative estimate of drug-likeness (QED) is 0.353. The minimum absolute atomic E-state index is 0.0834. The molecule has 1 fully saturated rings. The van der Waals surface area contributed by atoms with Gasteiger partial charge in [0.25, 0.3) is 0 Å². The lowest BCUT2D eigenvalue weighted by atomic mass is 9.64. The van der Waals surface area contributed by atoms with Crippen LogP contribution in [0.3, 0.4) is 0 Å². The minimum Gasteiger partial charge on any atom is -0.460 e. The van der Waals surface area contributed by atoms with Crippen molar-refractivity contribution in [1.82, 2.24) is 0 Å². The Labute approximate surface area is 204 Å². The van der Waals surface area contributed by atoms with E-state index < -0.39 is 6.04 Å². The monoisotopic (exact) mass is 455 g/mol. The Balaban J connectivity index is 1.63. The van der Waals surface area contributed by atoms with Crippen LogP contribution in [0.25, 0.3) is 0 Å². The van der Waals surface area contributed by atoms with Crippen LogP contribution in [-0.2, 0) is 14.9 Å². The Morgan fingerprint density at radius 3 is 2.06 bits per heavy atom. The summed E-state index contributed by atoms with van der Waals surface area (Å²) in [6.07, 6.45) is 3.03. The Kier molecular flexibility index (Phi) is 7.41. The summed E-state index contributed by atoms with van der Waals surface area (Å²) in [7, 11) is 1.98. The summed E-state index contributed by atoms with van der Waals surface area (Å²) in [5.74, 6) is 0.640. The van der Waals surface area contributed by atoms with Crippen molar-refractivity contribution in [3.05, 3.63) is 102 Å². The maximum Gasteiger partial charge on any atom is 0.333 e. The first-order chi connectivity index (χ1) is 16.4. The van der Waals surface area contributed by atoms with Gasteiger partial charge in [0.1, 0.15) is 6.10 Å². The molecule has 1 aliphatic rings. The number of rotatable bonds is 7. The summed E-state index contributed by atoms with van der Waals surface area (Å²) in [6.45, 7) is 6.88. The molecule has 0 unspecified atom stereocenters. The largest absolute Gasteiger partial charge is 0.460 e. The molecule has 0 radical (unpaired) electrons. The molecular formula is C31H37NO2. The first kappa shape index (κ1) is 24.1. The van der Waals surface area contributed by atoms with Crippen molar-refractivity contribution in [2.24, 2.45) is 11.8 Å². The average Bonchev–Trinajstić information content (AvgIpc) is 2.86. The van der Waals surface area contributed by atoms with Crippen molar-refractivity contribution in [1.29, 1.82) is 0 Å². The van der Waals surface area contributed by atoms with E-state index in [0.29, 0.717) is 5.92 Å². The zero-order valence-electron chi connectivity index (χ0n) is 20.9. The second-order valence-corrected chi connectivity index (χ2v) is 10.3. The number of benzene rings is 3. The van der Waals surface area contributed by atoms with E-state index in [4.69, 9.17) is 4.74 Å². The number of carbonyl (C=O) groups is 1. The predicted octanol–water partition coefficient (Wildman–Crippen LogP) is 7.19. The van der Waals surface area contributed by atoms with E-state index in [1.807, 2.05) is 72.6 Å². The molecule has 4 atom stereocenters. The Morgan fingerprint density at radius 1 is 0.882 bits per heavy atom. The van der Waals surface area contributed by atoms with Crippen LogP contribution < -0.4 is 4.90 Å². The van der Waals surface area contributed by atoms with Gasteiger partial charge in [-0.15, -0.1) is 0 Å². The van der Waals surface area contributed by atoms with Gasteiger partial charge in [-0.3, -0.25) is 0 Å². The lowest BCUT2D eigenvalue weighted by Crippen LogP contribution is -2.45. The van der Waals surface area contributed by atoms with E-state index >= 15 is 0 Å². The van der Waals surface area contributed by atoms with Crippen LogP contribution in [0.2, 0.25) is 0 Å². The van der Waals surface area contributed by atoms with Gasteiger partial charge < -0.3 is 9.64 Å². The van der Waals surface area contributed by atoms with E-state index in [-0.39, 0.29) is 23.4 Å². The molecule has 0 heterocycles. The molecule has 0 saturated heterocycles. The van der Waals surface area contributed by atoms with Gasteiger partial charge in [-0.2, -0.15) is 0 Å². The summed E-state index contributed by atoms with van der Waals surface area (Å²) < 4.78 is 6.46. The van der Waals surface area contributed by atoms with Crippen molar-refractivity contribution in [2.45, 2.75) is 57.6 Å². The number of para-hydroxylation sites is 1. The third-order valence-electron chi connectivity index (χ3n) is 7.66. The van der Waals surface area contributed by atoms with E-state index in [2.05, 4.69) is 51.1 Å². The highest BCUT2D eigenvalue weighted by molar-refractivity contribution is 5.82. The highest BCUT2D eigenvalue weighted by Gasteiger charge is 2.43. The van der Waals surface area contributed by atoms with Gasteiger partial charge in [-0.25, -0.2) is 4.79 Å². The van der Waals surface area contributed by atoms with Crippen LogP contribution in [0.5, 0.6) is 0 Å². The first-order valence-corrected chi connectivity index (χ1v) is 12.5. The lowest BCUT2D eigenvalue weighted by molar-refractivity contribution is -0.158. The molecule has 178 valence electrons. The zero-order valence-corrected chi connectivity index (χ0v) is 20.9. The molecule has 0 N–H and O–H groups in total. The highest BCUT2D eigenvalue weighted by atomic mass is 16.5. The second kappa shape index (κ2) is 10.5. The van der Waals surface area contributed by atoms with Crippen LogP contribution >= 0.6 is 0 Å². The number of esters is 1. The molecule has 34 heavy (non-hydrogen) atoms. The Hall–Kier alpha value is -3.07. The van der Waals surface area contributed by atoms with Crippen molar-refractivity contribution in [3.8, 4) is 0 Å². The molecule has 1 saturated carbocycles. The number of carbonyl (C=O) groups excluding carboxylic acids is 1. The third kappa shape index (κ3) is 5.19. The highest BCUT2D eigenvalue weighted by Crippen LogP contribution is 2.44. The maximum absolute atomic E-state index is 13.9. The SMILES string of the molecule is C[C@@H]1CC[C@@H](C(C)(C)c2ccccc2)[C@H](OC(=O)[C@H](c2ccccc2)N(C)c2ccccc2)C1. The first-order valence-electron chi connectivity index (χ1n) is 12.5. The zero-order chi connectivity index (χ0) is 24.1. The fourth-order valence-electron chi connectivity index (χ4n) is 5.55. The van der Waals surface area contributed by atoms with Crippen LogP contribution in [0.4, 0.5) is 5.69 Å². The topological polar surface area (TPSA) is 29.5 Å². The predicted molar refractivity (Wildman–Crippen MR) is 140 cm³/mol. The maximum atomic E-state index is 13.9. The number of ether oxygens (including phenoxy) is 1. The number of nitrogens with zero attached hydrogens (tertiary/aromatic N) is 1. The molecular weight excluding hydrogens is 418 g/mol. The average molecular weight is 456 g/mol. The van der Waals surface area contributed by atoms with Gasteiger partial charge >= 0.3 is 5.97 Å². The Morgan fingerprint density at radius 2 is 1.44 bits per heavy atom. The minimum atomic E-state index is -0.499. The van der Waals surface area contributed by atoms with Gasteiger partial charge in [-0.1, -0.05) is 106 Å². The second-order valence-electron chi connectivity index (χ2n) is 10.3. The molecule has 3 nitrogen and oxygen atoms in total. The number of hydrogen-bond donors (Lipinski definition) is 0. The van der Waals surface area contributed by atoms with E-state index in [9.17, 15) is 4.79 Å². The molecule has 3 aromatic rings. The third-order valence-corrected chi connectivity index (χ3v) is 7.66. The van der Waals surface area contributed by atoms with E-state index in [1.54, 1.807) is 0 Å². The standard InChI is InChI=1S/C31H37NO2/c1-23-20-21-27(31(2,3)25-16-10-6-11-17-25)28(22-23)34-30(33)29(24-14-8-5-9-15-24)32(4)26-18-12-7-13-19-26/h5-19,23,27-29H,20-22H2,1-4H3/t23-,27-,28-,29+/m1/s1. The Bertz CT molecular complexity index is 1050. The van der Waals surface area contributed by atoms with Crippen molar-refractivity contribution in [2.75, 3.05) is 11.9 Å². The molecule has 1 aliphatic carbocycles. The number of hydrogen-bond acceptors (Lipinski definition) is 3. The fraction of sp³-hybridized carbons (Fsp3) is 0.387. The fourth-order valence-corrected chi connectivity index (χ4v) is 5.55. The van der Waals surface area contributed by atoms with Gasteiger partial charge in [0, 0.05) is 18.7 Å². The van der Waals surface area contributed by atoms with Gasteiger partial charge in [0.2, 0.25) is 0 Å². The van der Waals surface area contributed by atoms with Crippen molar-refractivity contribution >= 4 is 11.7 Å². The normalized spacial score (nSPS) is 21.5. The summed E-state index contributed by atoms with van der Waals surface area (Å²) >= 11 is 0. The van der Waals surface area contributed by atoms with Gasteiger partial charge in [0.15, 0.2) is 6.04 Å². The van der Waals surface area contributed by atoms with Crippen molar-refractivity contribution in [3.63, 3.8) is 0 Å². The summed E-state index contributed by atoms with van der Waals surface area (Å²) in [4.78, 5) is 15.9. The van der Waals surface area contributed by atoms with Crippen LogP contribution in [0.15, 0.2) is 91.0 Å². The van der Waals surface area contributed by atoms with Gasteiger partial charge in [0.05, 0.1) is 0 Å². The summed E-state index contributed by atoms with van der Waals surface area (Å²) in [5.41, 5.74) is 3.16. The number of anilines is 1. The molecule has 3 aromatic carbocycles. The smallest absolute Gasteiger partial charge is 0.333 e. The molecule has 4 rings (SSSR count). The van der Waals surface area contributed by atoms with E-state index in [1.165, 1.54) is 12.0 Å². The molecule has 0 bridgehead atoms. The molecule has 0 amide bonds.